The van der Waals surface area contributed by atoms with Crippen molar-refractivity contribution in [3.8, 4) is 50.2 Å². The van der Waals surface area contributed by atoms with Gasteiger partial charge in [-0.3, -0.25) is 0 Å². The first kappa shape index (κ1) is 30.0. The molecule has 0 bridgehead atoms. The summed E-state index contributed by atoms with van der Waals surface area (Å²) in [7, 11) is 0. The van der Waals surface area contributed by atoms with Gasteiger partial charge in [-0.1, -0.05) is 139 Å². The number of rotatable bonds is 2. The third-order valence-electron chi connectivity index (χ3n) is 13.2. The van der Waals surface area contributed by atoms with Crippen LogP contribution in [0.2, 0.25) is 0 Å². The SMILES string of the molecule is CC1(C)c2cc(-c3ccccc3)ccc2-c2ccc(-n3c4cc5c(cc4c4cc6c(cc43)C(C)(C)c3ccccc3-6)-c3ccccc3C5(C)C)cc21. The summed E-state index contributed by atoms with van der Waals surface area (Å²) in [4.78, 5) is 0. The molecule has 0 radical (unpaired) electrons. The lowest BCUT2D eigenvalue weighted by molar-refractivity contribution is 0.659. The van der Waals surface area contributed by atoms with Crippen LogP contribution in [-0.2, 0) is 16.2 Å². The normalized spacial score (nSPS) is 16.3. The van der Waals surface area contributed by atoms with E-state index in [-0.39, 0.29) is 16.2 Å². The van der Waals surface area contributed by atoms with Crippen molar-refractivity contribution >= 4 is 21.8 Å². The molecule has 0 fully saturated rings. The maximum Gasteiger partial charge on any atom is 0.0544 e. The molecule has 0 saturated carbocycles. The van der Waals surface area contributed by atoms with Gasteiger partial charge in [0.05, 0.1) is 11.0 Å². The second kappa shape index (κ2) is 9.81. The summed E-state index contributed by atoms with van der Waals surface area (Å²) in [5, 5.41) is 2.64. The van der Waals surface area contributed by atoms with E-state index in [2.05, 4.69) is 186 Å². The molecule has 0 amide bonds. The zero-order valence-electron chi connectivity index (χ0n) is 30.7. The lowest BCUT2D eigenvalue weighted by Crippen LogP contribution is -2.16. The molecule has 3 aliphatic carbocycles. The lowest BCUT2D eigenvalue weighted by atomic mass is 9.81. The monoisotopic (exact) mass is 667 g/mol. The first-order chi connectivity index (χ1) is 25.0. The largest absolute Gasteiger partial charge is 0.309 e. The Morgan fingerprint density at radius 1 is 0.327 bits per heavy atom. The van der Waals surface area contributed by atoms with Crippen molar-refractivity contribution in [1.29, 1.82) is 0 Å². The van der Waals surface area contributed by atoms with Crippen molar-refractivity contribution in [3.63, 3.8) is 0 Å². The quantitative estimate of drug-likeness (QED) is 0.173. The van der Waals surface area contributed by atoms with Crippen molar-refractivity contribution in [1.82, 2.24) is 4.57 Å². The Morgan fingerprint density at radius 2 is 0.769 bits per heavy atom. The van der Waals surface area contributed by atoms with Crippen LogP contribution < -0.4 is 0 Å². The number of benzene rings is 7. The average molecular weight is 668 g/mol. The van der Waals surface area contributed by atoms with Crippen molar-refractivity contribution in [2.45, 2.75) is 57.8 Å². The van der Waals surface area contributed by atoms with Crippen LogP contribution in [0.1, 0.15) is 74.9 Å². The Kier molecular flexibility index (Phi) is 5.66. The van der Waals surface area contributed by atoms with Gasteiger partial charge in [0, 0.05) is 32.7 Å². The van der Waals surface area contributed by atoms with Crippen molar-refractivity contribution in [3.05, 3.63) is 173 Å². The summed E-state index contributed by atoms with van der Waals surface area (Å²) in [6.45, 7) is 14.4. The summed E-state index contributed by atoms with van der Waals surface area (Å²) in [5.41, 5.74) is 22.6. The van der Waals surface area contributed by atoms with Gasteiger partial charge in [0.2, 0.25) is 0 Å². The number of fused-ring (bicyclic) bond motifs is 12. The van der Waals surface area contributed by atoms with Crippen LogP contribution in [0.5, 0.6) is 0 Å². The summed E-state index contributed by atoms with van der Waals surface area (Å²) in [6, 6.07) is 53.2. The van der Waals surface area contributed by atoms with E-state index < -0.39 is 0 Å². The molecule has 1 nitrogen and oxygen atoms in total. The molecule has 11 rings (SSSR count). The molecular weight excluding hydrogens is 627 g/mol. The van der Waals surface area contributed by atoms with Gasteiger partial charge in [-0.15, -0.1) is 0 Å². The molecule has 1 heterocycles. The van der Waals surface area contributed by atoms with Crippen LogP contribution in [0.15, 0.2) is 140 Å². The molecule has 0 aliphatic heterocycles. The fourth-order valence-electron chi connectivity index (χ4n) is 10.4. The molecular formula is C51H41N. The minimum atomic E-state index is -0.139. The highest BCUT2D eigenvalue weighted by molar-refractivity contribution is 6.13. The second-order valence-electron chi connectivity index (χ2n) is 17.0. The minimum Gasteiger partial charge on any atom is -0.309 e. The predicted molar refractivity (Wildman–Crippen MR) is 219 cm³/mol. The highest BCUT2D eigenvalue weighted by Crippen LogP contribution is 2.55. The number of aromatic nitrogens is 1. The molecule has 0 N–H and O–H groups in total. The molecule has 52 heavy (non-hydrogen) atoms. The predicted octanol–water partition coefficient (Wildman–Crippen LogP) is 13.4. The van der Waals surface area contributed by atoms with Crippen molar-refractivity contribution < 1.29 is 0 Å². The number of hydrogen-bond donors (Lipinski definition) is 0. The molecule has 7 aromatic carbocycles. The van der Waals surface area contributed by atoms with Gasteiger partial charge in [-0.2, -0.15) is 0 Å². The standard InChI is InChI=1S/C51H41N/c1-49(2)41-18-12-10-16-33(41)37-26-39-40-27-38-34-17-11-13-19-42(34)50(3,4)46(38)29-48(40)52(47(39)28-45(37)49)32-21-23-36-35-22-20-31(30-14-8-7-9-15-30)24-43(35)51(5,6)44(36)25-32/h7-29H,1-6H3. The van der Waals surface area contributed by atoms with Crippen LogP contribution in [0.25, 0.3) is 72.0 Å². The van der Waals surface area contributed by atoms with Gasteiger partial charge in [0.25, 0.3) is 0 Å². The first-order valence-corrected chi connectivity index (χ1v) is 18.8. The highest BCUT2D eigenvalue weighted by Gasteiger charge is 2.40. The van der Waals surface area contributed by atoms with E-state index in [1.165, 1.54) is 105 Å². The van der Waals surface area contributed by atoms with Crippen LogP contribution in [-0.4, -0.2) is 4.57 Å². The average Bonchev–Trinajstić information content (AvgIpc) is 3.76. The zero-order valence-corrected chi connectivity index (χ0v) is 30.7. The van der Waals surface area contributed by atoms with Gasteiger partial charge in [-0.25, -0.2) is 0 Å². The van der Waals surface area contributed by atoms with Gasteiger partial charge >= 0.3 is 0 Å². The van der Waals surface area contributed by atoms with E-state index in [9.17, 15) is 0 Å². The Balaban J connectivity index is 1.18. The Morgan fingerprint density at radius 3 is 1.35 bits per heavy atom. The van der Waals surface area contributed by atoms with Crippen molar-refractivity contribution in [2.75, 3.05) is 0 Å². The maximum atomic E-state index is 2.58. The molecule has 3 aliphatic rings. The summed E-state index contributed by atoms with van der Waals surface area (Å²) >= 11 is 0. The first-order valence-electron chi connectivity index (χ1n) is 18.8. The molecule has 8 aromatic rings. The van der Waals surface area contributed by atoms with Gasteiger partial charge < -0.3 is 4.57 Å². The van der Waals surface area contributed by atoms with Crippen LogP contribution in [0, 0.1) is 0 Å². The van der Waals surface area contributed by atoms with Gasteiger partial charge in [0.15, 0.2) is 0 Å². The Labute approximate surface area is 306 Å². The van der Waals surface area contributed by atoms with E-state index in [0.717, 1.165) is 0 Å². The van der Waals surface area contributed by atoms with Gasteiger partial charge in [-0.05, 0) is 120 Å². The van der Waals surface area contributed by atoms with Crippen LogP contribution in [0.4, 0.5) is 0 Å². The van der Waals surface area contributed by atoms with Gasteiger partial charge in [0.1, 0.15) is 0 Å². The third kappa shape index (κ3) is 3.68. The molecule has 0 atom stereocenters. The molecule has 0 unspecified atom stereocenters. The smallest absolute Gasteiger partial charge is 0.0544 e. The molecule has 0 spiro atoms. The zero-order chi connectivity index (χ0) is 35.3. The van der Waals surface area contributed by atoms with E-state index in [4.69, 9.17) is 0 Å². The van der Waals surface area contributed by atoms with E-state index in [1.54, 1.807) is 0 Å². The fourth-order valence-corrected chi connectivity index (χ4v) is 10.4. The molecule has 1 heteroatoms. The summed E-state index contributed by atoms with van der Waals surface area (Å²) in [5.74, 6) is 0. The molecule has 250 valence electrons. The third-order valence-corrected chi connectivity index (χ3v) is 13.2. The van der Waals surface area contributed by atoms with E-state index in [0.29, 0.717) is 0 Å². The second-order valence-corrected chi connectivity index (χ2v) is 17.0. The van der Waals surface area contributed by atoms with E-state index >= 15 is 0 Å². The van der Waals surface area contributed by atoms with E-state index in [1.807, 2.05) is 0 Å². The Bertz CT molecular complexity index is 2740. The molecule has 1 aromatic heterocycles. The lowest BCUT2D eigenvalue weighted by Gasteiger charge is -2.24. The summed E-state index contributed by atoms with van der Waals surface area (Å²) < 4.78 is 2.58. The van der Waals surface area contributed by atoms with Crippen LogP contribution in [0.3, 0.4) is 0 Å². The fraction of sp³-hybridized carbons (Fsp3) is 0.176. The topological polar surface area (TPSA) is 4.93 Å². The van der Waals surface area contributed by atoms with Crippen LogP contribution >= 0.6 is 0 Å². The number of nitrogens with zero attached hydrogens (tertiary/aromatic N) is 1. The van der Waals surface area contributed by atoms with Crippen molar-refractivity contribution in [2.24, 2.45) is 0 Å². The Hall–Kier alpha value is -5.66. The number of hydrogen-bond acceptors (Lipinski definition) is 0. The molecule has 0 saturated heterocycles. The maximum absolute atomic E-state index is 2.58. The minimum absolute atomic E-state index is 0.0812. The highest BCUT2D eigenvalue weighted by atomic mass is 15.0. The summed E-state index contributed by atoms with van der Waals surface area (Å²) in [6.07, 6.45) is 0.